The van der Waals surface area contributed by atoms with Crippen LogP contribution in [0.5, 0.6) is 5.75 Å². The number of carboxylic acid groups (broad SMARTS) is 1. The van der Waals surface area contributed by atoms with Gasteiger partial charge in [-0.1, -0.05) is 18.2 Å². The van der Waals surface area contributed by atoms with Gasteiger partial charge in [0.1, 0.15) is 11.9 Å². The van der Waals surface area contributed by atoms with Gasteiger partial charge >= 0.3 is 12.0 Å². The number of para-hydroxylation sites is 1. The van der Waals surface area contributed by atoms with Crippen molar-refractivity contribution in [2.75, 3.05) is 19.7 Å². The molecule has 1 saturated heterocycles. The number of amides is 2. The molecule has 1 aliphatic carbocycles. The summed E-state index contributed by atoms with van der Waals surface area (Å²) in [6.07, 6.45) is 1.45. The van der Waals surface area contributed by atoms with E-state index in [9.17, 15) is 9.59 Å². The lowest BCUT2D eigenvalue weighted by Crippen LogP contribution is -2.64. The molecule has 7 nitrogen and oxygen atoms in total. The molecule has 142 valence electrons. The summed E-state index contributed by atoms with van der Waals surface area (Å²) in [6, 6.07) is 9.24. The Kier molecular flexibility index (Phi) is 5.98. The molecular formula is C19H26N2O5. The summed E-state index contributed by atoms with van der Waals surface area (Å²) in [5.74, 6) is -0.373. The van der Waals surface area contributed by atoms with Gasteiger partial charge in [-0.2, -0.15) is 0 Å². The normalized spacial score (nSPS) is 26.0. The number of hydrogen-bond acceptors (Lipinski definition) is 4. The monoisotopic (exact) mass is 362 g/mol. The molecule has 3 unspecified atom stereocenters. The number of carboxylic acids is 1. The Labute approximate surface area is 153 Å². The van der Waals surface area contributed by atoms with Crippen molar-refractivity contribution in [2.24, 2.45) is 5.92 Å². The zero-order chi connectivity index (χ0) is 18.5. The number of carbonyl (C=O) groups is 2. The number of rotatable bonds is 6. The molecule has 1 saturated carbocycles. The van der Waals surface area contributed by atoms with Crippen LogP contribution >= 0.6 is 0 Å². The highest BCUT2D eigenvalue weighted by Crippen LogP contribution is 2.29. The lowest BCUT2D eigenvalue weighted by Gasteiger charge is -2.44. The van der Waals surface area contributed by atoms with E-state index in [1.54, 1.807) is 4.90 Å². The van der Waals surface area contributed by atoms with E-state index in [2.05, 4.69) is 5.32 Å². The third-order valence-electron chi connectivity index (χ3n) is 5.09. The van der Waals surface area contributed by atoms with Gasteiger partial charge in [-0.3, -0.25) is 4.79 Å². The second-order valence-electron chi connectivity index (χ2n) is 6.78. The van der Waals surface area contributed by atoms with Gasteiger partial charge < -0.3 is 24.8 Å². The van der Waals surface area contributed by atoms with Gasteiger partial charge in [-0.15, -0.1) is 0 Å². The second-order valence-corrected chi connectivity index (χ2v) is 6.78. The van der Waals surface area contributed by atoms with Crippen LogP contribution in [-0.2, 0) is 9.53 Å². The molecule has 1 aromatic carbocycles. The highest BCUT2D eigenvalue weighted by atomic mass is 16.5. The molecule has 3 rings (SSSR count). The number of carbonyl (C=O) groups excluding carboxylic acids is 1. The molecule has 26 heavy (non-hydrogen) atoms. The van der Waals surface area contributed by atoms with Crippen molar-refractivity contribution in [1.82, 2.24) is 10.2 Å². The van der Waals surface area contributed by atoms with Gasteiger partial charge in [0.25, 0.3) is 0 Å². The van der Waals surface area contributed by atoms with Crippen molar-refractivity contribution >= 4 is 12.0 Å². The van der Waals surface area contributed by atoms with Crippen LogP contribution in [0.2, 0.25) is 0 Å². The number of nitrogens with zero attached hydrogens (tertiary/aromatic N) is 1. The number of hydrogen-bond donors (Lipinski definition) is 2. The van der Waals surface area contributed by atoms with Crippen LogP contribution in [0, 0.1) is 5.92 Å². The number of likely N-dealkylation sites (tertiary alicyclic amines) is 1. The summed E-state index contributed by atoms with van der Waals surface area (Å²) in [6.45, 7) is 3.48. The van der Waals surface area contributed by atoms with E-state index in [4.69, 9.17) is 14.6 Å². The number of nitrogens with one attached hydrogen (secondary N) is 1. The van der Waals surface area contributed by atoms with Gasteiger partial charge in [-0.05, 0) is 31.9 Å². The Hall–Kier alpha value is -2.28. The van der Waals surface area contributed by atoms with E-state index in [-0.39, 0.29) is 30.2 Å². The summed E-state index contributed by atoms with van der Waals surface area (Å²) >= 11 is 0. The highest BCUT2D eigenvalue weighted by Gasteiger charge is 2.45. The second kappa shape index (κ2) is 8.40. The molecule has 0 radical (unpaired) electrons. The topological polar surface area (TPSA) is 88.1 Å². The SMILES string of the molecule is CCOC1CC(NC(=O)N2CCC(C(=O)O)CC2)C1Oc1ccccc1. The Morgan fingerprint density at radius 3 is 2.54 bits per heavy atom. The zero-order valence-corrected chi connectivity index (χ0v) is 15.0. The highest BCUT2D eigenvalue weighted by molar-refractivity contribution is 5.76. The van der Waals surface area contributed by atoms with Crippen molar-refractivity contribution in [2.45, 2.75) is 44.4 Å². The predicted octanol–water partition coefficient (Wildman–Crippen LogP) is 2.12. The fourth-order valence-corrected chi connectivity index (χ4v) is 3.49. The van der Waals surface area contributed by atoms with Crippen LogP contribution in [0.3, 0.4) is 0 Å². The maximum Gasteiger partial charge on any atom is 0.317 e. The lowest BCUT2D eigenvalue weighted by atomic mass is 9.85. The van der Waals surface area contributed by atoms with Gasteiger partial charge in [0.15, 0.2) is 0 Å². The Morgan fingerprint density at radius 2 is 1.92 bits per heavy atom. The number of aliphatic carboxylic acids is 1. The number of benzene rings is 1. The Bertz CT molecular complexity index is 616. The van der Waals surface area contributed by atoms with Crippen LogP contribution in [0.1, 0.15) is 26.2 Å². The average Bonchev–Trinajstić information content (AvgIpc) is 2.66. The maximum atomic E-state index is 12.5. The van der Waals surface area contributed by atoms with Gasteiger partial charge in [0.2, 0.25) is 0 Å². The molecular weight excluding hydrogens is 336 g/mol. The number of piperidine rings is 1. The van der Waals surface area contributed by atoms with Crippen molar-refractivity contribution in [3.63, 3.8) is 0 Å². The first-order valence-corrected chi connectivity index (χ1v) is 9.20. The van der Waals surface area contributed by atoms with Crippen LogP contribution in [0.15, 0.2) is 30.3 Å². The van der Waals surface area contributed by atoms with Gasteiger partial charge in [0.05, 0.1) is 18.1 Å². The number of urea groups is 1. The minimum atomic E-state index is -0.778. The summed E-state index contributed by atoms with van der Waals surface area (Å²) in [5.41, 5.74) is 0. The first kappa shape index (κ1) is 18.5. The summed E-state index contributed by atoms with van der Waals surface area (Å²) in [4.78, 5) is 25.2. The molecule has 0 spiro atoms. The molecule has 1 heterocycles. The predicted molar refractivity (Wildman–Crippen MR) is 95.1 cm³/mol. The first-order valence-electron chi connectivity index (χ1n) is 9.20. The summed E-state index contributed by atoms with van der Waals surface area (Å²) in [7, 11) is 0. The van der Waals surface area contributed by atoms with Gasteiger partial charge in [0, 0.05) is 26.1 Å². The van der Waals surface area contributed by atoms with E-state index in [0.717, 1.165) is 5.75 Å². The van der Waals surface area contributed by atoms with E-state index in [1.807, 2.05) is 37.3 Å². The third kappa shape index (κ3) is 4.27. The quantitative estimate of drug-likeness (QED) is 0.809. The van der Waals surface area contributed by atoms with E-state index in [1.165, 1.54) is 0 Å². The van der Waals surface area contributed by atoms with E-state index >= 15 is 0 Å². The average molecular weight is 362 g/mol. The molecule has 0 bridgehead atoms. The van der Waals surface area contributed by atoms with Crippen LogP contribution in [0.4, 0.5) is 4.79 Å². The van der Waals surface area contributed by atoms with Crippen LogP contribution < -0.4 is 10.1 Å². The van der Waals surface area contributed by atoms with Crippen molar-refractivity contribution in [3.05, 3.63) is 30.3 Å². The molecule has 2 aliphatic rings. The standard InChI is InChI=1S/C19H26N2O5/c1-2-25-16-12-15(17(16)26-14-6-4-3-5-7-14)20-19(24)21-10-8-13(9-11-21)18(22)23/h3-7,13,15-17H,2,8-12H2,1H3,(H,20,24)(H,22,23). The molecule has 1 aromatic rings. The van der Waals surface area contributed by atoms with Gasteiger partial charge in [-0.25, -0.2) is 4.79 Å². The largest absolute Gasteiger partial charge is 0.486 e. The van der Waals surface area contributed by atoms with E-state index < -0.39 is 5.97 Å². The molecule has 3 atom stereocenters. The molecule has 0 aromatic heterocycles. The number of ether oxygens (including phenoxy) is 2. The molecule has 7 heteroatoms. The molecule has 2 N–H and O–H groups in total. The Balaban J connectivity index is 1.54. The minimum absolute atomic E-state index is 0.0387. The smallest absolute Gasteiger partial charge is 0.317 e. The lowest BCUT2D eigenvalue weighted by molar-refractivity contribution is -0.143. The van der Waals surface area contributed by atoms with Crippen molar-refractivity contribution in [1.29, 1.82) is 0 Å². The van der Waals surface area contributed by atoms with E-state index in [0.29, 0.717) is 39.0 Å². The van der Waals surface area contributed by atoms with Crippen molar-refractivity contribution in [3.8, 4) is 5.75 Å². The summed E-state index contributed by atoms with van der Waals surface area (Å²) < 4.78 is 11.7. The van der Waals surface area contributed by atoms with Crippen LogP contribution in [-0.4, -0.2) is 60.0 Å². The first-order chi connectivity index (χ1) is 12.6. The fraction of sp³-hybridized carbons (Fsp3) is 0.579. The fourth-order valence-electron chi connectivity index (χ4n) is 3.49. The maximum absolute atomic E-state index is 12.5. The summed E-state index contributed by atoms with van der Waals surface area (Å²) in [5, 5.41) is 12.1. The van der Waals surface area contributed by atoms with Crippen molar-refractivity contribution < 1.29 is 24.2 Å². The third-order valence-corrected chi connectivity index (χ3v) is 5.09. The van der Waals surface area contributed by atoms with Crippen LogP contribution in [0.25, 0.3) is 0 Å². The molecule has 2 fully saturated rings. The Morgan fingerprint density at radius 1 is 1.23 bits per heavy atom. The minimum Gasteiger partial charge on any atom is -0.486 e. The zero-order valence-electron chi connectivity index (χ0n) is 15.0. The molecule has 1 aliphatic heterocycles. The molecule has 2 amide bonds.